The number of benzene rings is 1. The number of nitrogens with two attached hydrogens (primary N) is 1. The summed E-state index contributed by atoms with van der Waals surface area (Å²) in [6.07, 6.45) is 2.23. The van der Waals surface area contributed by atoms with E-state index in [1.807, 2.05) is 18.7 Å². The van der Waals surface area contributed by atoms with Crippen LogP contribution in [0.5, 0.6) is 0 Å². The quantitative estimate of drug-likeness (QED) is 0.884. The van der Waals surface area contributed by atoms with Gasteiger partial charge in [0.25, 0.3) is 0 Å². The van der Waals surface area contributed by atoms with Gasteiger partial charge in [0.15, 0.2) is 0 Å². The Kier molecular flexibility index (Phi) is 4.25. The Morgan fingerprint density at radius 2 is 1.89 bits per heavy atom. The summed E-state index contributed by atoms with van der Waals surface area (Å²) in [4.78, 5) is 14.4. The van der Waals surface area contributed by atoms with Crippen molar-refractivity contribution in [1.29, 1.82) is 0 Å². The van der Waals surface area contributed by atoms with Crippen molar-refractivity contribution >= 4 is 5.91 Å². The van der Waals surface area contributed by atoms with Crippen molar-refractivity contribution < 1.29 is 4.79 Å². The van der Waals surface area contributed by atoms with E-state index in [0.717, 1.165) is 12.8 Å². The monoisotopic (exact) mass is 260 g/mol. The number of carbonyl (C=O) groups is 1. The van der Waals surface area contributed by atoms with E-state index >= 15 is 0 Å². The molecule has 0 aliphatic heterocycles. The lowest BCUT2D eigenvalue weighted by molar-refractivity contribution is -0.134. The zero-order chi connectivity index (χ0) is 14.0. The molecule has 3 nitrogen and oxygen atoms in total. The minimum absolute atomic E-state index is 0.0954. The minimum atomic E-state index is -0.383. The lowest BCUT2D eigenvalue weighted by Gasteiger charge is -2.27. The fourth-order valence-electron chi connectivity index (χ4n) is 2.14. The van der Waals surface area contributed by atoms with Crippen LogP contribution in [0.1, 0.15) is 37.8 Å². The van der Waals surface area contributed by atoms with Crippen molar-refractivity contribution in [2.75, 3.05) is 0 Å². The van der Waals surface area contributed by atoms with Crippen molar-refractivity contribution in [3.05, 3.63) is 35.4 Å². The summed E-state index contributed by atoms with van der Waals surface area (Å²) in [5, 5.41) is 0. The van der Waals surface area contributed by atoms with E-state index < -0.39 is 0 Å². The molecule has 2 N–H and O–H groups in total. The molecule has 0 radical (unpaired) electrons. The molecular formula is C16H24N2O. The zero-order valence-electron chi connectivity index (χ0n) is 12.1. The van der Waals surface area contributed by atoms with Gasteiger partial charge < -0.3 is 10.6 Å². The summed E-state index contributed by atoms with van der Waals surface area (Å²) in [6, 6.07) is 8.39. The van der Waals surface area contributed by atoms with E-state index in [1.54, 1.807) is 0 Å². The molecule has 1 fully saturated rings. The molecular weight excluding hydrogens is 236 g/mol. The molecule has 1 aliphatic carbocycles. The minimum Gasteiger partial charge on any atom is -0.334 e. The van der Waals surface area contributed by atoms with Crippen LogP contribution in [-0.2, 0) is 11.3 Å². The van der Waals surface area contributed by atoms with Crippen LogP contribution in [0, 0.1) is 12.8 Å². The van der Waals surface area contributed by atoms with E-state index in [4.69, 9.17) is 5.73 Å². The predicted molar refractivity (Wildman–Crippen MR) is 77.6 cm³/mol. The molecule has 0 spiro atoms. The molecule has 1 aliphatic rings. The lowest BCUT2D eigenvalue weighted by atomic mass is 10.0. The van der Waals surface area contributed by atoms with Crippen molar-refractivity contribution in [3.63, 3.8) is 0 Å². The van der Waals surface area contributed by atoms with E-state index in [2.05, 4.69) is 31.2 Å². The molecule has 1 aromatic carbocycles. The third kappa shape index (κ3) is 3.57. The average molecular weight is 260 g/mol. The van der Waals surface area contributed by atoms with Crippen molar-refractivity contribution in [2.45, 2.75) is 52.2 Å². The highest BCUT2D eigenvalue weighted by Crippen LogP contribution is 2.29. The number of rotatable bonds is 5. The fourth-order valence-corrected chi connectivity index (χ4v) is 2.14. The smallest absolute Gasteiger partial charge is 0.240 e. The molecule has 2 rings (SSSR count). The second-order valence-electron chi connectivity index (χ2n) is 5.95. The molecule has 3 heteroatoms. The van der Waals surface area contributed by atoms with Gasteiger partial charge in [0, 0.05) is 12.6 Å². The standard InChI is InChI=1S/C16H24N2O/c1-11(2)15(17)16(19)18(14-8-9-14)10-13-6-4-12(3)5-7-13/h4-7,11,14-15H,8-10,17H2,1-3H3. The second-order valence-corrected chi connectivity index (χ2v) is 5.95. The first-order valence-electron chi connectivity index (χ1n) is 7.10. The van der Waals surface area contributed by atoms with Gasteiger partial charge in [0.2, 0.25) is 5.91 Å². The van der Waals surface area contributed by atoms with Gasteiger partial charge in [0.05, 0.1) is 6.04 Å². The van der Waals surface area contributed by atoms with Crippen LogP contribution in [0.2, 0.25) is 0 Å². The summed E-state index contributed by atoms with van der Waals surface area (Å²) < 4.78 is 0. The largest absolute Gasteiger partial charge is 0.334 e. The van der Waals surface area contributed by atoms with Crippen LogP contribution in [0.3, 0.4) is 0 Å². The van der Waals surface area contributed by atoms with Gasteiger partial charge in [-0.25, -0.2) is 0 Å². The Labute approximate surface area is 115 Å². The maximum atomic E-state index is 12.4. The number of aryl methyl sites for hydroxylation is 1. The van der Waals surface area contributed by atoms with Crippen molar-refractivity contribution in [1.82, 2.24) is 4.90 Å². The molecule has 0 bridgehead atoms. The first-order valence-corrected chi connectivity index (χ1v) is 7.10. The van der Waals surface area contributed by atoms with Gasteiger partial charge in [-0.1, -0.05) is 43.7 Å². The molecule has 19 heavy (non-hydrogen) atoms. The van der Waals surface area contributed by atoms with E-state index in [1.165, 1.54) is 11.1 Å². The summed E-state index contributed by atoms with van der Waals surface area (Å²) in [5.41, 5.74) is 8.44. The third-order valence-electron chi connectivity index (χ3n) is 3.75. The Morgan fingerprint density at radius 1 is 1.32 bits per heavy atom. The fraction of sp³-hybridized carbons (Fsp3) is 0.562. The third-order valence-corrected chi connectivity index (χ3v) is 3.75. The molecule has 0 saturated heterocycles. The zero-order valence-corrected chi connectivity index (χ0v) is 12.1. The summed E-state index contributed by atoms with van der Waals surface area (Å²) in [7, 11) is 0. The molecule has 104 valence electrons. The first-order chi connectivity index (χ1) is 8.99. The summed E-state index contributed by atoms with van der Waals surface area (Å²) in [5.74, 6) is 0.282. The van der Waals surface area contributed by atoms with Gasteiger partial charge >= 0.3 is 0 Å². The summed E-state index contributed by atoms with van der Waals surface area (Å²) in [6.45, 7) is 6.76. The van der Waals surface area contributed by atoms with Gasteiger partial charge in [-0.2, -0.15) is 0 Å². The number of carbonyl (C=O) groups excluding carboxylic acids is 1. The van der Waals surface area contributed by atoms with Crippen LogP contribution in [-0.4, -0.2) is 22.9 Å². The van der Waals surface area contributed by atoms with Crippen LogP contribution in [0.15, 0.2) is 24.3 Å². The Bertz CT molecular complexity index is 435. The van der Waals surface area contributed by atoms with E-state index in [0.29, 0.717) is 12.6 Å². The highest BCUT2D eigenvalue weighted by molar-refractivity contribution is 5.82. The topological polar surface area (TPSA) is 46.3 Å². The van der Waals surface area contributed by atoms with Gasteiger partial charge in [0.1, 0.15) is 0 Å². The number of hydrogen-bond donors (Lipinski definition) is 1. The number of hydrogen-bond acceptors (Lipinski definition) is 2. The van der Waals surface area contributed by atoms with Gasteiger partial charge in [-0.05, 0) is 31.2 Å². The first kappa shape index (κ1) is 14.1. The highest BCUT2D eigenvalue weighted by Gasteiger charge is 2.35. The van der Waals surface area contributed by atoms with Crippen molar-refractivity contribution in [2.24, 2.45) is 11.7 Å². The average Bonchev–Trinajstić information content (AvgIpc) is 3.20. The maximum Gasteiger partial charge on any atom is 0.240 e. The van der Waals surface area contributed by atoms with Crippen LogP contribution in [0.4, 0.5) is 0 Å². The van der Waals surface area contributed by atoms with Crippen LogP contribution in [0.25, 0.3) is 0 Å². The van der Waals surface area contributed by atoms with E-state index in [9.17, 15) is 4.79 Å². The highest BCUT2D eigenvalue weighted by atomic mass is 16.2. The normalized spacial score (nSPS) is 16.5. The van der Waals surface area contributed by atoms with E-state index in [-0.39, 0.29) is 17.9 Å². The molecule has 1 saturated carbocycles. The second kappa shape index (κ2) is 5.74. The van der Waals surface area contributed by atoms with Crippen LogP contribution >= 0.6 is 0 Å². The number of amides is 1. The predicted octanol–water partition coefficient (Wildman–Crippen LogP) is 2.47. The Hall–Kier alpha value is -1.35. The molecule has 0 aromatic heterocycles. The molecule has 1 amide bonds. The van der Waals surface area contributed by atoms with Gasteiger partial charge in [-0.15, -0.1) is 0 Å². The number of nitrogens with zero attached hydrogens (tertiary/aromatic N) is 1. The Balaban J connectivity index is 2.08. The molecule has 1 atom stereocenters. The van der Waals surface area contributed by atoms with Crippen molar-refractivity contribution in [3.8, 4) is 0 Å². The molecule has 0 heterocycles. The lowest BCUT2D eigenvalue weighted by Crippen LogP contribution is -2.47. The SMILES string of the molecule is Cc1ccc(CN(C(=O)C(N)C(C)C)C2CC2)cc1. The molecule has 1 unspecified atom stereocenters. The Morgan fingerprint density at radius 3 is 2.37 bits per heavy atom. The van der Waals surface area contributed by atoms with Gasteiger partial charge in [-0.3, -0.25) is 4.79 Å². The van der Waals surface area contributed by atoms with Crippen LogP contribution < -0.4 is 5.73 Å². The molecule has 1 aromatic rings. The maximum absolute atomic E-state index is 12.4. The summed E-state index contributed by atoms with van der Waals surface area (Å²) >= 11 is 0.